The molecule has 1 aromatic heterocycles. The largest absolute Gasteiger partial charge is 0.475 e. The van der Waals surface area contributed by atoms with Gasteiger partial charge in [0.1, 0.15) is 0 Å². The van der Waals surface area contributed by atoms with Crippen LogP contribution in [0.3, 0.4) is 0 Å². The number of likely N-dealkylation sites (N-methyl/N-ethyl adjacent to an activating group) is 1. The van der Waals surface area contributed by atoms with Crippen molar-refractivity contribution in [3.05, 3.63) is 17.9 Å². The molecule has 0 amide bonds. The molecule has 0 radical (unpaired) electrons. The van der Waals surface area contributed by atoms with E-state index in [9.17, 15) is 4.79 Å². The van der Waals surface area contributed by atoms with Gasteiger partial charge in [-0.25, -0.2) is 4.79 Å². The lowest BCUT2D eigenvalue weighted by Gasteiger charge is -2.22. The quantitative estimate of drug-likeness (QED) is 0.861. The Balaban J connectivity index is 2.11. The molecule has 0 aliphatic carbocycles. The van der Waals surface area contributed by atoms with Gasteiger partial charge in [0.05, 0.1) is 0 Å². The Bertz CT molecular complexity index is 414. The van der Waals surface area contributed by atoms with Crippen LogP contribution < -0.4 is 4.90 Å². The molecule has 5 heteroatoms. The minimum absolute atomic E-state index is 0.000885. The van der Waals surface area contributed by atoms with Crippen LogP contribution in [0.4, 0.5) is 5.88 Å². The van der Waals surface area contributed by atoms with Crippen LogP contribution in [0.1, 0.15) is 17.5 Å². The van der Waals surface area contributed by atoms with E-state index in [0.29, 0.717) is 17.8 Å². The second kappa shape index (κ2) is 4.41. The van der Waals surface area contributed by atoms with Gasteiger partial charge in [0.15, 0.2) is 5.88 Å². The van der Waals surface area contributed by atoms with E-state index < -0.39 is 5.97 Å². The number of rotatable bonds is 3. The van der Waals surface area contributed by atoms with E-state index in [0.717, 1.165) is 13.1 Å². The second-order valence-electron chi connectivity index (χ2n) is 4.86. The molecular weight excluding hydrogens is 220 g/mol. The zero-order valence-corrected chi connectivity index (χ0v) is 10.4. The minimum Gasteiger partial charge on any atom is -0.475 e. The van der Waals surface area contributed by atoms with Gasteiger partial charge < -0.3 is 19.3 Å². The molecule has 0 spiro atoms. The van der Waals surface area contributed by atoms with Gasteiger partial charge in [-0.3, -0.25) is 0 Å². The maximum atomic E-state index is 10.7. The highest BCUT2D eigenvalue weighted by Crippen LogP contribution is 2.27. The normalized spacial score (nSPS) is 24.6. The van der Waals surface area contributed by atoms with Crippen LogP contribution in [0.2, 0.25) is 0 Å². The summed E-state index contributed by atoms with van der Waals surface area (Å²) in [6.07, 6.45) is 0. The number of hydrogen-bond donors (Lipinski definition) is 1. The van der Waals surface area contributed by atoms with E-state index in [1.54, 1.807) is 6.07 Å². The molecular formula is C12H18N2O3. The molecule has 94 valence electrons. The van der Waals surface area contributed by atoms with Crippen molar-refractivity contribution in [1.29, 1.82) is 0 Å². The molecule has 5 nitrogen and oxygen atoms in total. The standard InChI is InChI=1S/C12H18N2O3/c1-8-6-14(7-9(8)13(2)3)11-5-4-10(17-11)12(15)16/h4-5,8-9H,6-7H2,1-3H3,(H,15,16). The third kappa shape index (κ3) is 2.29. The Morgan fingerprint density at radius 2 is 2.18 bits per heavy atom. The molecule has 2 unspecified atom stereocenters. The summed E-state index contributed by atoms with van der Waals surface area (Å²) < 4.78 is 5.31. The zero-order chi connectivity index (χ0) is 12.6. The lowest BCUT2D eigenvalue weighted by Crippen LogP contribution is -2.34. The maximum absolute atomic E-state index is 10.7. The molecule has 2 rings (SSSR count). The first-order valence-electron chi connectivity index (χ1n) is 5.73. The van der Waals surface area contributed by atoms with E-state index in [1.165, 1.54) is 6.07 Å². The van der Waals surface area contributed by atoms with Gasteiger partial charge in [-0.15, -0.1) is 0 Å². The van der Waals surface area contributed by atoms with Gasteiger partial charge in [-0.2, -0.15) is 0 Å². The number of anilines is 1. The van der Waals surface area contributed by atoms with Gasteiger partial charge in [0, 0.05) is 25.2 Å². The molecule has 0 bridgehead atoms. The third-order valence-corrected chi connectivity index (χ3v) is 3.35. The number of hydrogen-bond acceptors (Lipinski definition) is 4. The van der Waals surface area contributed by atoms with E-state index in [2.05, 4.69) is 30.8 Å². The van der Waals surface area contributed by atoms with Crippen molar-refractivity contribution in [3.8, 4) is 0 Å². The summed E-state index contributed by atoms with van der Waals surface area (Å²) in [4.78, 5) is 15.0. The van der Waals surface area contributed by atoms with Crippen molar-refractivity contribution in [3.63, 3.8) is 0 Å². The van der Waals surface area contributed by atoms with Crippen LogP contribution in [0.5, 0.6) is 0 Å². The first kappa shape index (κ1) is 12.0. The smallest absolute Gasteiger partial charge is 0.371 e. The van der Waals surface area contributed by atoms with E-state index in [4.69, 9.17) is 9.52 Å². The van der Waals surface area contributed by atoms with E-state index in [1.807, 2.05) is 0 Å². The highest BCUT2D eigenvalue weighted by Gasteiger charge is 2.32. The number of carboxylic acids is 1. The van der Waals surface area contributed by atoms with Crippen LogP contribution >= 0.6 is 0 Å². The second-order valence-corrected chi connectivity index (χ2v) is 4.86. The molecule has 1 aromatic rings. The summed E-state index contributed by atoms with van der Waals surface area (Å²) in [5, 5.41) is 8.81. The zero-order valence-electron chi connectivity index (χ0n) is 10.4. The van der Waals surface area contributed by atoms with Crippen LogP contribution in [0, 0.1) is 5.92 Å². The number of aromatic carboxylic acids is 1. The Labute approximate surface area is 101 Å². The number of furan rings is 1. The van der Waals surface area contributed by atoms with Crippen LogP contribution in [-0.2, 0) is 0 Å². The summed E-state index contributed by atoms with van der Waals surface area (Å²) >= 11 is 0. The fourth-order valence-corrected chi connectivity index (χ4v) is 2.41. The Morgan fingerprint density at radius 1 is 1.47 bits per heavy atom. The van der Waals surface area contributed by atoms with Gasteiger partial charge in [0.2, 0.25) is 5.76 Å². The Morgan fingerprint density at radius 3 is 2.65 bits per heavy atom. The Kier molecular flexibility index (Phi) is 3.11. The van der Waals surface area contributed by atoms with Crippen molar-refractivity contribution >= 4 is 11.9 Å². The topological polar surface area (TPSA) is 56.9 Å². The maximum Gasteiger partial charge on any atom is 0.371 e. The summed E-state index contributed by atoms with van der Waals surface area (Å²) in [5.74, 6) is 0.176. The van der Waals surface area contributed by atoms with E-state index >= 15 is 0 Å². The molecule has 0 aromatic carbocycles. The lowest BCUT2D eigenvalue weighted by atomic mass is 10.1. The van der Waals surface area contributed by atoms with Crippen molar-refractivity contribution in [2.75, 3.05) is 32.1 Å². The minimum atomic E-state index is -1.02. The molecule has 2 heterocycles. The van der Waals surface area contributed by atoms with Crippen molar-refractivity contribution in [2.45, 2.75) is 13.0 Å². The molecule has 17 heavy (non-hydrogen) atoms. The number of nitrogens with zero attached hydrogens (tertiary/aromatic N) is 2. The summed E-state index contributed by atoms with van der Waals surface area (Å²) in [6.45, 7) is 3.97. The van der Waals surface area contributed by atoms with Gasteiger partial charge in [0.25, 0.3) is 0 Å². The molecule has 1 N–H and O–H groups in total. The summed E-state index contributed by atoms with van der Waals surface area (Å²) in [6, 6.07) is 3.72. The van der Waals surface area contributed by atoms with Crippen LogP contribution in [-0.4, -0.2) is 49.2 Å². The van der Waals surface area contributed by atoms with Crippen molar-refractivity contribution in [2.24, 2.45) is 5.92 Å². The monoisotopic (exact) mass is 238 g/mol. The van der Waals surface area contributed by atoms with Gasteiger partial charge in [-0.1, -0.05) is 6.92 Å². The molecule has 2 atom stereocenters. The summed E-state index contributed by atoms with van der Waals surface area (Å²) in [5.41, 5.74) is 0. The van der Waals surface area contributed by atoms with Crippen molar-refractivity contribution < 1.29 is 14.3 Å². The molecule has 1 aliphatic rings. The van der Waals surface area contributed by atoms with Gasteiger partial charge >= 0.3 is 5.97 Å². The average Bonchev–Trinajstić information content (AvgIpc) is 2.82. The van der Waals surface area contributed by atoms with Crippen molar-refractivity contribution in [1.82, 2.24) is 4.90 Å². The molecule has 1 fully saturated rings. The fourth-order valence-electron chi connectivity index (χ4n) is 2.41. The number of carbonyl (C=O) groups is 1. The van der Waals surface area contributed by atoms with Gasteiger partial charge in [-0.05, 0) is 26.1 Å². The predicted octanol–water partition coefficient (Wildman–Crippen LogP) is 1.36. The highest BCUT2D eigenvalue weighted by molar-refractivity contribution is 5.84. The lowest BCUT2D eigenvalue weighted by molar-refractivity contribution is 0.0663. The first-order chi connectivity index (χ1) is 7.99. The fraction of sp³-hybridized carbons (Fsp3) is 0.583. The SMILES string of the molecule is CC1CN(c2ccc(C(=O)O)o2)CC1N(C)C. The Hall–Kier alpha value is -1.49. The predicted molar refractivity (Wildman–Crippen MR) is 64.5 cm³/mol. The highest BCUT2D eigenvalue weighted by atomic mass is 16.4. The molecule has 1 saturated heterocycles. The summed E-state index contributed by atoms with van der Waals surface area (Å²) in [7, 11) is 4.13. The molecule has 0 saturated carbocycles. The number of carboxylic acid groups (broad SMARTS) is 1. The molecule has 1 aliphatic heterocycles. The van der Waals surface area contributed by atoms with Crippen LogP contribution in [0.25, 0.3) is 0 Å². The third-order valence-electron chi connectivity index (χ3n) is 3.35. The average molecular weight is 238 g/mol. The first-order valence-corrected chi connectivity index (χ1v) is 5.73. The van der Waals surface area contributed by atoms with E-state index in [-0.39, 0.29) is 5.76 Å². The van der Waals surface area contributed by atoms with Crippen LogP contribution in [0.15, 0.2) is 16.5 Å².